The fourth-order valence-electron chi connectivity index (χ4n) is 2.05. The number of anilines is 1. The molecule has 1 amide bonds. The molecule has 0 fully saturated rings. The van der Waals surface area contributed by atoms with E-state index in [9.17, 15) is 4.79 Å². The quantitative estimate of drug-likeness (QED) is 0.707. The van der Waals surface area contributed by atoms with Gasteiger partial charge in [-0.05, 0) is 29.7 Å². The molecule has 86 valence electrons. The number of rotatable bonds is 2. The zero-order valence-electron chi connectivity index (χ0n) is 9.49. The minimum absolute atomic E-state index is 0.0624. The van der Waals surface area contributed by atoms with E-state index >= 15 is 0 Å². The number of carbonyl (C=O) groups is 1. The Labute approximate surface area is 95.4 Å². The molecule has 4 heteroatoms. The molecule has 1 aliphatic heterocycles. The van der Waals surface area contributed by atoms with E-state index in [0.717, 1.165) is 25.2 Å². The van der Waals surface area contributed by atoms with E-state index in [1.807, 2.05) is 12.1 Å². The maximum Gasteiger partial charge on any atom is 0.233 e. The molecule has 1 heterocycles. The maximum absolute atomic E-state index is 11.3. The lowest BCUT2D eigenvalue weighted by molar-refractivity contribution is -0.121. The summed E-state index contributed by atoms with van der Waals surface area (Å²) in [6, 6.07) is 6.03. The van der Waals surface area contributed by atoms with Gasteiger partial charge in [0, 0.05) is 25.8 Å². The van der Waals surface area contributed by atoms with Crippen LogP contribution in [0.1, 0.15) is 11.1 Å². The lowest BCUT2D eigenvalue weighted by Gasteiger charge is -2.28. The van der Waals surface area contributed by atoms with E-state index in [2.05, 4.69) is 16.3 Å². The van der Waals surface area contributed by atoms with Crippen LogP contribution in [-0.2, 0) is 17.8 Å². The number of nitrogens with zero attached hydrogens (tertiary/aromatic N) is 1. The second-order valence-corrected chi connectivity index (χ2v) is 4.16. The summed E-state index contributed by atoms with van der Waals surface area (Å²) < 4.78 is 0. The molecule has 1 aliphatic rings. The highest BCUT2D eigenvalue weighted by Gasteiger charge is 2.17. The number of nitrogens with two attached hydrogens (primary N) is 1. The molecule has 0 radical (unpaired) electrons. The topological polar surface area (TPSA) is 58.4 Å². The molecular weight excluding hydrogens is 202 g/mol. The monoisotopic (exact) mass is 219 g/mol. The van der Waals surface area contributed by atoms with E-state index in [-0.39, 0.29) is 5.91 Å². The van der Waals surface area contributed by atoms with Gasteiger partial charge in [0.25, 0.3) is 0 Å². The predicted molar refractivity (Wildman–Crippen MR) is 63.9 cm³/mol. The molecule has 0 unspecified atom stereocenters. The Hall–Kier alpha value is -1.55. The van der Waals surface area contributed by atoms with Crippen LogP contribution in [-0.4, -0.2) is 30.9 Å². The standard InChI is InChI=1S/C12H17N3O/c1-14-12(16)8-15-5-4-9-2-3-11(13)6-10(9)7-15/h2-3,6H,4-5,7-8,13H2,1H3,(H,14,16). The summed E-state index contributed by atoms with van der Waals surface area (Å²) in [5.74, 6) is 0.0624. The van der Waals surface area contributed by atoms with Crippen LogP contribution < -0.4 is 11.1 Å². The second kappa shape index (κ2) is 4.53. The zero-order chi connectivity index (χ0) is 11.5. The Kier molecular flexibility index (Phi) is 3.10. The zero-order valence-corrected chi connectivity index (χ0v) is 9.49. The second-order valence-electron chi connectivity index (χ2n) is 4.16. The molecule has 16 heavy (non-hydrogen) atoms. The van der Waals surface area contributed by atoms with Crippen LogP contribution in [0.4, 0.5) is 5.69 Å². The van der Waals surface area contributed by atoms with Crippen LogP contribution in [0.25, 0.3) is 0 Å². The Morgan fingerprint density at radius 3 is 3.06 bits per heavy atom. The van der Waals surface area contributed by atoms with Crippen molar-refractivity contribution < 1.29 is 4.79 Å². The van der Waals surface area contributed by atoms with Gasteiger partial charge in [-0.1, -0.05) is 6.07 Å². The number of amides is 1. The average molecular weight is 219 g/mol. The minimum atomic E-state index is 0.0624. The highest BCUT2D eigenvalue weighted by molar-refractivity contribution is 5.77. The number of hydrogen-bond donors (Lipinski definition) is 2. The van der Waals surface area contributed by atoms with Crippen molar-refractivity contribution in [3.8, 4) is 0 Å². The van der Waals surface area contributed by atoms with Crippen LogP contribution in [0.2, 0.25) is 0 Å². The summed E-state index contributed by atoms with van der Waals surface area (Å²) in [6.45, 7) is 2.21. The molecular formula is C12H17N3O. The van der Waals surface area contributed by atoms with Gasteiger partial charge in [0.2, 0.25) is 5.91 Å². The molecule has 0 bridgehead atoms. The first-order valence-electron chi connectivity index (χ1n) is 5.49. The van der Waals surface area contributed by atoms with Gasteiger partial charge < -0.3 is 11.1 Å². The van der Waals surface area contributed by atoms with Crippen molar-refractivity contribution in [1.29, 1.82) is 0 Å². The summed E-state index contributed by atoms with van der Waals surface area (Å²) in [6.07, 6.45) is 0.993. The third-order valence-corrected chi connectivity index (χ3v) is 2.97. The van der Waals surface area contributed by atoms with Crippen LogP contribution in [0, 0.1) is 0 Å². The van der Waals surface area contributed by atoms with Gasteiger partial charge in [-0.3, -0.25) is 9.69 Å². The Bertz CT molecular complexity index is 403. The molecule has 2 rings (SSSR count). The SMILES string of the molecule is CNC(=O)CN1CCc2ccc(N)cc2C1. The molecule has 4 nitrogen and oxygen atoms in total. The number of hydrogen-bond acceptors (Lipinski definition) is 3. The molecule has 0 aliphatic carbocycles. The Morgan fingerprint density at radius 2 is 2.31 bits per heavy atom. The molecule has 0 spiro atoms. The van der Waals surface area contributed by atoms with Gasteiger partial charge in [0.05, 0.1) is 6.54 Å². The third-order valence-electron chi connectivity index (χ3n) is 2.97. The fraction of sp³-hybridized carbons (Fsp3) is 0.417. The molecule has 0 atom stereocenters. The van der Waals surface area contributed by atoms with Crippen molar-refractivity contribution in [1.82, 2.24) is 10.2 Å². The van der Waals surface area contributed by atoms with Crippen molar-refractivity contribution in [2.24, 2.45) is 0 Å². The van der Waals surface area contributed by atoms with Crippen molar-refractivity contribution in [2.45, 2.75) is 13.0 Å². The Morgan fingerprint density at radius 1 is 1.50 bits per heavy atom. The van der Waals surface area contributed by atoms with Gasteiger partial charge in [-0.25, -0.2) is 0 Å². The van der Waals surface area contributed by atoms with Crippen molar-refractivity contribution in [3.63, 3.8) is 0 Å². The van der Waals surface area contributed by atoms with Gasteiger partial charge in [-0.15, -0.1) is 0 Å². The molecule has 3 N–H and O–H groups in total. The third kappa shape index (κ3) is 2.33. The average Bonchev–Trinajstić information content (AvgIpc) is 2.28. The summed E-state index contributed by atoms with van der Waals surface area (Å²) >= 11 is 0. The highest BCUT2D eigenvalue weighted by Crippen LogP contribution is 2.20. The number of likely N-dealkylation sites (N-methyl/N-ethyl adjacent to an activating group) is 1. The molecule has 1 aromatic carbocycles. The first-order chi connectivity index (χ1) is 7.69. The largest absolute Gasteiger partial charge is 0.399 e. The number of benzene rings is 1. The van der Waals surface area contributed by atoms with Crippen LogP contribution in [0.3, 0.4) is 0 Å². The maximum atomic E-state index is 11.3. The summed E-state index contributed by atoms with van der Waals surface area (Å²) in [5.41, 5.74) is 9.14. The lowest BCUT2D eigenvalue weighted by Crippen LogP contribution is -2.38. The smallest absolute Gasteiger partial charge is 0.233 e. The normalized spacial score (nSPS) is 15.6. The summed E-state index contributed by atoms with van der Waals surface area (Å²) in [7, 11) is 1.66. The van der Waals surface area contributed by atoms with E-state index in [0.29, 0.717) is 6.54 Å². The van der Waals surface area contributed by atoms with Crippen molar-refractivity contribution in [2.75, 3.05) is 25.9 Å². The van der Waals surface area contributed by atoms with Crippen LogP contribution in [0.5, 0.6) is 0 Å². The number of carbonyl (C=O) groups excluding carboxylic acids is 1. The van der Waals surface area contributed by atoms with Crippen molar-refractivity contribution >= 4 is 11.6 Å². The summed E-state index contributed by atoms with van der Waals surface area (Å²) in [5, 5.41) is 2.64. The van der Waals surface area contributed by atoms with Gasteiger partial charge in [0.1, 0.15) is 0 Å². The van der Waals surface area contributed by atoms with Gasteiger partial charge in [0.15, 0.2) is 0 Å². The first-order valence-corrected chi connectivity index (χ1v) is 5.49. The number of fused-ring (bicyclic) bond motifs is 1. The molecule has 0 saturated heterocycles. The van der Waals surface area contributed by atoms with E-state index in [1.54, 1.807) is 7.05 Å². The fourth-order valence-corrected chi connectivity index (χ4v) is 2.05. The number of nitrogen functional groups attached to an aromatic ring is 1. The van der Waals surface area contributed by atoms with Gasteiger partial charge in [-0.2, -0.15) is 0 Å². The van der Waals surface area contributed by atoms with E-state index in [1.165, 1.54) is 11.1 Å². The van der Waals surface area contributed by atoms with Crippen LogP contribution in [0.15, 0.2) is 18.2 Å². The van der Waals surface area contributed by atoms with Crippen LogP contribution >= 0.6 is 0 Å². The highest BCUT2D eigenvalue weighted by atomic mass is 16.1. The van der Waals surface area contributed by atoms with E-state index < -0.39 is 0 Å². The Balaban J connectivity index is 2.08. The number of nitrogens with one attached hydrogen (secondary N) is 1. The summed E-state index contributed by atoms with van der Waals surface area (Å²) in [4.78, 5) is 13.4. The minimum Gasteiger partial charge on any atom is -0.399 e. The van der Waals surface area contributed by atoms with Gasteiger partial charge >= 0.3 is 0 Å². The first kappa shape index (κ1) is 11.0. The molecule has 1 aromatic rings. The lowest BCUT2D eigenvalue weighted by atomic mass is 9.99. The predicted octanol–water partition coefficient (Wildman–Crippen LogP) is 0.373. The van der Waals surface area contributed by atoms with Crippen molar-refractivity contribution in [3.05, 3.63) is 29.3 Å². The molecule has 0 saturated carbocycles. The van der Waals surface area contributed by atoms with E-state index in [4.69, 9.17) is 5.73 Å². The molecule has 0 aromatic heterocycles.